The maximum Gasteiger partial charge on any atom is 0.223 e. The summed E-state index contributed by atoms with van der Waals surface area (Å²) >= 11 is 0. The molecule has 1 aromatic rings. The van der Waals surface area contributed by atoms with Gasteiger partial charge in [0.15, 0.2) is 5.78 Å². The molecule has 4 heteroatoms. The van der Waals surface area contributed by atoms with Crippen molar-refractivity contribution < 1.29 is 9.59 Å². The number of carbonyl (C=O) groups is 2. The number of Topliss-reactive ketones (excluding diaryl/α,β-unsaturated/α-hetero) is 1. The van der Waals surface area contributed by atoms with Crippen molar-refractivity contribution in [3.8, 4) is 0 Å². The first-order valence-corrected chi connectivity index (χ1v) is 11.7. The fourth-order valence-electron chi connectivity index (χ4n) is 5.32. The van der Waals surface area contributed by atoms with E-state index < -0.39 is 0 Å². The van der Waals surface area contributed by atoms with Crippen LogP contribution in [0.5, 0.6) is 0 Å². The number of aryl methyl sites for hydroxylation is 2. The third-order valence-corrected chi connectivity index (χ3v) is 7.25. The van der Waals surface area contributed by atoms with Crippen LogP contribution in [0.1, 0.15) is 73.4 Å². The Morgan fingerprint density at radius 1 is 0.966 bits per heavy atom. The van der Waals surface area contributed by atoms with Crippen LogP contribution in [0, 0.1) is 11.8 Å². The molecule has 4 nitrogen and oxygen atoms in total. The van der Waals surface area contributed by atoms with Gasteiger partial charge < -0.3 is 9.80 Å². The smallest absolute Gasteiger partial charge is 0.223 e. The number of piperidine rings is 2. The van der Waals surface area contributed by atoms with E-state index in [4.69, 9.17) is 0 Å². The third kappa shape index (κ3) is 5.28. The van der Waals surface area contributed by atoms with Gasteiger partial charge in [0.2, 0.25) is 5.91 Å². The first kappa shape index (κ1) is 20.6. The van der Waals surface area contributed by atoms with Crippen molar-refractivity contribution >= 4 is 11.7 Å². The van der Waals surface area contributed by atoms with E-state index in [2.05, 4.69) is 24.0 Å². The van der Waals surface area contributed by atoms with Crippen molar-refractivity contribution in [2.24, 2.45) is 11.8 Å². The molecule has 2 aliphatic heterocycles. The molecule has 0 aromatic heterocycles. The van der Waals surface area contributed by atoms with Gasteiger partial charge in [-0.3, -0.25) is 9.59 Å². The van der Waals surface area contributed by atoms with E-state index in [0.29, 0.717) is 18.8 Å². The molecule has 0 radical (unpaired) electrons. The van der Waals surface area contributed by atoms with Gasteiger partial charge in [-0.25, -0.2) is 0 Å². The molecule has 2 saturated heterocycles. The Hall–Kier alpha value is -1.68. The van der Waals surface area contributed by atoms with Crippen molar-refractivity contribution in [1.82, 2.24) is 9.80 Å². The second kappa shape index (κ2) is 9.42. The summed E-state index contributed by atoms with van der Waals surface area (Å²) in [4.78, 5) is 30.0. The highest BCUT2D eigenvalue weighted by molar-refractivity contribution is 5.98. The number of hydrogen-bond donors (Lipinski definition) is 0. The highest BCUT2D eigenvalue weighted by Gasteiger charge is 2.26. The van der Waals surface area contributed by atoms with Crippen molar-refractivity contribution in [2.75, 3.05) is 32.7 Å². The Kier molecular flexibility index (Phi) is 6.69. The predicted molar refractivity (Wildman–Crippen MR) is 116 cm³/mol. The predicted octanol–water partition coefficient (Wildman–Crippen LogP) is 4.11. The molecule has 1 amide bonds. The van der Waals surface area contributed by atoms with Crippen molar-refractivity contribution in [1.29, 1.82) is 0 Å². The fraction of sp³-hybridized carbons (Fsp3) is 0.680. The van der Waals surface area contributed by atoms with Crippen molar-refractivity contribution in [2.45, 2.75) is 64.7 Å². The summed E-state index contributed by atoms with van der Waals surface area (Å²) < 4.78 is 0. The van der Waals surface area contributed by atoms with Crippen molar-refractivity contribution in [3.05, 3.63) is 34.9 Å². The van der Waals surface area contributed by atoms with E-state index in [9.17, 15) is 9.59 Å². The molecule has 2 fully saturated rings. The molecule has 29 heavy (non-hydrogen) atoms. The Bertz CT molecular complexity index is 736. The highest BCUT2D eigenvalue weighted by atomic mass is 16.2. The van der Waals surface area contributed by atoms with Crippen molar-refractivity contribution in [3.63, 3.8) is 0 Å². The monoisotopic (exact) mass is 396 g/mol. The summed E-state index contributed by atoms with van der Waals surface area (Å²) in [6.45, 7) is 7.63. The highest BCUT2D eigenvalue weighted by Crippen LogP contribution is 2.25. The largest absolute Gasteiger partial charge is 0.342 e. The summed E-state index contributed by atoms with van der Waals surface area (Å²) in [6, 6.07) is 6.12. The first-order chi connectivity index (χ1) is 14.1. The number of carbonyl (C=O) groups excluding carboxylic acids is 2. The lowest BCUT2D eigenvalue weighted by molar-refractivity contribution is -0.133. The van der Waals surface area contributed by atoms with Gasteiger partial charge in [0.25, 0.3) is 0 Å². The van der Waals surface area contributed by atoms with Crippen LogP contribution in [0.3, 0.4) is 0 Å². The minimum Gasteiger partial charge on any atom is -0.342 e. The van der Waals surface area contributed by atoms with Crippen LogP contribution in [0.2, 0.25) is 0 Å². The normalized spacial score (nSPS) is 23.2. The minimum atomic E-state index is 0.115. The molecule has 158 valence electrons. The van der Waals surface area contributed by atoms with Gasteiger partial charge in [-0.15, -0.1) is 0 Å². The van der Waals surface area contributed by atoms with Gasteiger partial charge in [0.05, 0.1) is 0 Å². The van der Waals surface area contributed by atoms with E-state index in [1.807, 2.05) is 11.0 Å². The van der Waals surface area contributed by atoms with Crippen LogP contribution in [-0.2, 0) is 17.6 Å². The first-order valence-electron chi connectivity index (χ1n) is 11.7. The average molecular weight is 397 g/mol. The van der Waals surface area contributed by atoms with Gasteiger partial charge in [-0.1, -0.05) is 19.1 Å². The molecule has 1 aromatic carbocycles. The van der Waals surface area contributed by atoms with E-state index in [-0.39, 0.29) is 11.7 Å². The third-order valence-electron chi connectivity index (χ3n) is 7.25. The molecule has 0 spiro atoms. The average Bonchev–Trinajstić information content (AvgIpc) is 3.21. The zero-order valence-electron chi connectivity index (χ0n) is 18.0. The van der Waals surface area contributed by atoms with Gasteiger partial charge in [-0.2, -0.15) is 0 Å². The Morgan fingerprint density at radius 2 is 1.76 bits per heavy atom. The molecule has 1 atom stereocenters. The standard InChI is InChI=1S/C25H36N2O2/c1-19-11-14-26(15-12-19)17-20-4-3-13-27(18-20)25(29)10-9-24(28)23-8-7-21-5-2-6-22(21)16-23/h7-8,16,19-20H,2-6,9-15,17-18H2,1H3. The number of fused-ring (bicyclic) bond motifs is 1. The summed E-state index contributed by atoms with van der Waals surface area (Å²) in [7, 11) is 0. The molecule has 0 N–H and O–H groups in total. The van der Waals surface area contributed by atoms with Gasteiger partial charge >= 0.3 is 0 Å². The van der Waals surface area contributed by atoms with Gasteiger partial charge in [-0.05, 0) is 87.1 Å². The quantitative estimate of drug-likeness (QED) is 0.680. The summed E-state index contributed by atoms with van der Waals surface area (Å²) in [5, 5.41) is 0. The van der Waals surface area contributed by atoms with E-state index in [1.165, 1.54) is 49.9 Å². The molecular weight excluding hydrogens is 360 g/mol. The van der Waals surface area contributed by atoms with Crippen LogP contribution in [0.25, 0.3) is 0 Å². The Labute approximate surface area is 175 Å². The van der Waals surface area contributed by atoms with Crippen LogP contribution < -0.4 is 0 Å². The van der Waals surface area contributed by atoms with E-state index in [0.717, 1.165) is 50.4 Å². The summed E-state index contributed by atoms with van der Waals surface area (Å²) in [5.74, 6) is 1.73. The molecule has 1 aliphatic carbocycles. The lowest BCUT2D eigenvalue weighted by Gasteiger charge is -2.38. The number of rotatable bonds is 6. The number of likely N-dealkylation sites (tertiary alicyclic amines) is 2. The number of nitrogens with zero attached hydrogens (tertiary/aromatic N) is 2. The molecule has 2 heterocycles. The molecule has 3 aliphatic rings. The topological polar surface area (TPSA) is 40.6 Å². The molecule has 4 rings (SSSR count). The second-order valence-electron chi connectivity index (χ2n) is 9.59. The molecule has 0 bridgehead atoms. The van der Waals surface area contributed by atoms with Crippen LogP contribution in [0.4, 0.5) is 0 Å². The van der Waals surface area contributed by atoms with Crippen LogP contribution in [-0.4, -0.2) is 54.2 Å². The summed E-state index contributed by atoms with van der Waals surface area (Å²) in [5.41, 5.74) is 3.50. The zero-order chi connectivity index (χ0) is 20.2. The van der Waals surface area contributed by atoms with E-state index >= 15 is 0 Å². The number of ketones is 1. The number of amides is 1. The van der Waals surface area contributed by atoms with Crippen LogP contribution >= 0.6 is 0 Å². The maximum atomic E-state index is 12.8. The lowest BCUT2D eigenvalue weighted by atomic mass is 9.94. The molecule has 1 unspecified atom stereocenters. The Balaban J connectivity index is 1.24. The van der Waals surface area contributed by atoms with Gasteiger partial charge in [0, 0.05) is 38.0 Å². The summed E-state index contributed by atoms with van der Waals surface area (Å²) in [6.07, 6.45) is 9.03. The van der Waals surface area contributed by atoms with Gasteiger partial charge in [0.1, 0.15) is 0 Å². The SMILES string of the molecule is CC1CCN(CC2CCCN(C(=O)CCC(=O)c3ccc4c(c3)CCC4)C2)CC1. The maximum absolute atomic E-state index is 12.8. The van der Waals surface area contributed by atoms with Crippen LogP contribution in [0.15, 0.2) is 18.2 Å². The molecular formula is C25H36N2O2. The minimum absolute atomic E-state index is 0.115. The zero-order valence-corrected chi connectivity index (χ0v) is 18.0. The number of hydrogen-bond acceptors (Lipinski definition) is 3. The second-order valence-corrected chi connectivity index (χ2v) is 9.59. The lowest BCUT2D eigenvalue weighted by Crippen LogP contribution is -2.45. The van der Waals surface area contributed by atoms with E-state index in [1.54, 1.807) is 0 Å². The Morgan fingerprint density at radius 3 is 2.59 bits per heavy atom. The molecule has 0 saturated carbocycles. The fourth-order valence-corrected chi connectivity index (χ4v) is 5.32. The number of benzene rings is 1.